The van der Waals surface area contributed by atoms with Crippen LogP contribution in [0, 0.1) is 5.92 Å². The van der Waals surface area contributed by atoms with Crippen LogP contribution in [-0.2, 0) is 23.4 Å². The van der Waals surface area contributed by atoms with Gasteiger partial charge in [-0.25, -0.2) is 0 Å². The summed E-state index contributed by atoms with van der Waals surface area (Å²) in [5, 5.41) is 14.6. The molecule has 2 aliphatic heterocycles. The lowest BCUT2D eigenvalue weighted by atomic mass is 9.78. The minimum Gasteiger partial charge on any atom is -0.493 e. The van der Waals surface area contributed by atoms with E-state index in [-0.39, 0.29) is 17.9 Å². The Morgan fingerprint density at radius 1 is 1.09 bits per heavy atom. The molecule has 1 atom stereocenters. The molecule has 0 aliphatic carbocycles. The van der Waals surface area contributed by atoms with E-state index >= 15 is 0 Å². The number of rotatable bonds is 6. The van der Waals surface area contributed by atoms with E-state index in [0.717, 1.165) is 48.3 Å². The largest absolute Gasteiger partial charge is 0.493 e. The van der Waals surface area contributed by atoms with Crippen molar-refractivity contribution in [1.29, 1.82) is 0 Å². The number of methoxy groups -OCH3 is 1. The molecule has 1 unspecified atom stereocenters. The summed E-state index contributed by atoms with van der Waals surface area (Å²) in [4.78, 5) is 14.7. The molecule has 4 rings (SSSR count). The summed E-state index contributed by atoms with van der Waals surface area (Å²) in [7, 11) is 1.62. The molecule has 2 heterocycles. The Hall–Kier alpha value is -2.57. The van der Waals surface area contributed by atoms with Crippen LogP contribution < -0.4 is 19.7 Å². The Balaban J connectivity index is 1.57. The van der Waals surface area contributed by atoms with Gasteiger partial charge in [0.2, 0.25) is 5.91 Å². The van der Waals surface area contributed by atoms with Gasteiger partial charge in [0, 0.05) is 5.69 Å². The van der Waals surface area contributed by atoms with Crippen molar-refractivity contribution in [3.63, 3.8) is 0 Å². The van der Waals surface area contributed by atoms with Gasteiger partial charge in [0.15, 0.2) is 11.5 Å². The van der Waals surface area contributed by atoms with Gasteiger partial charge in [0.05, 0.1) is 31.8 Å². The van der Waals surface area contributed by atoms with Crippen LogP contribution in [0.15, 0.2) is 36.4 Å². The molecule has 0 radical (unpaired) electrons. The molecule has 0 aromatic heterocycles. The minimum absolute atomic E-state index is 0.0311. The van der Waals surface area contributed by atoms with Gasteiger partial charge in [-0.2, -0.15) is 0 Å². The van der Waals surface area contributed by atoms with Gasteiger partial charge < -0.3 is 24.8 Å². The third-order valence-corrected chi connectivity index (χ3v) is 6.72. The number of hydrogen-bond acceptors (Lipinski definition) is 5. The number of ether oxygens (including phenoxy) is 2. The number of carbonyl (C=O) groups is 1. The van der Waals surface area contributed by atoms with Crippen LogP contribution in [0.5, 0.6) is 11.5 Å². The molecule has 0 saturated carbocycles. The average Bonchev–Trinajstić information content (AvgIpc) is 2.79. The third kappa shape index (κ3) is 4.48. The lowest BCUT2D eigenvalue weighted by molar-refractivity contribution is -0.118. The van der Waals surface area contributed by atoms with Crippen LogP contribution in [0.2, 0.25) is 0 Å². The fourth-order valence-electron chi connectivity index (χ4n) is 4.81. The van der Waals surface area contributed by atoms with E-state index < -0.39 is 5.60 Å². The second kappa shape index (κ2) is 9.12. The molecule has 1 fully saturated rings. The number of carbonyl (C=O) groups excluding carboxylic acids is 1. The number of piperidine rings is 1. The lowest BCUT2D eigenvalue weighted by Gasteiger charge is -2.36. The highest BCUT2D eigenvalue weighted by Crippen LogP contribution is 2.38. The average molecular weight is 439 g/mol. The van der Waals surface area contributed by atoms with E-state index in [1.54, 1.807) is 12.0 Å². The molecule has 6 nitrogen and oxygen atoms in total. The summed E-state index contributed by atoms with van der Waals surface area (Å²) < 4.78 is 11.4. The summed E-state index contributed by atoms with van der Waals surface area (Å²) >= 11 is 0. The summed E-state index contributed by atoms with van der Waals surface area (Å²) in [5.41, 5.74) is 2.90. The maximum atomic E-state index is 12.9. The number of anilines is 1. The fraction of sp³-hybridized carbons (Fsp3) is 0.500. The van der Waals surface area contributed by atoms with Crippen LogP contribution in [0.3, 0.4) is 0 Å². The van der Waals surface area contributed by atoms with Gasteiger partial charge in [0.1, 0.15) is 0 Å². The summed E-state index contributed by atoms with van der Waals surface area (Å²) in [6, 6.07) is 11.7. The van der Waals surface area contributed by atoms with Gasteiger partial charge in [-0.3, -0.25) is 4.79 Å². The van der Waals surface area contributed by atoms with Crippen molar-refractivity contribution < 1.29 is 19.4 Å². The van der Waals surface area contributed by atoms with E-state index in [2.05, 4.69) is 5.32 Å². The molecule has 0 spiro atoms. The van der Waals surface area contributed by atoms with Crippen molar-refractivity contribution in [3.05, 3.63) is 53.1 Å². The van der Waals surface area contributed by atoms with Crippen molar-refractivity contribution in [2.75, 3.05) is 25.1 Å². The number of amides is 1. The van der Waals surface area contributed by atoms with Crippen molar-refractivity contribution in [1.82, 2.24) is 5.32 Å². The highest BCUT2D eigenvalue weighted by molar-refractivity contribution is 5.96. The van der Waals surface area contributed by atoms with Crippen molar-refractivity contribution in [2.45, 2.75) is 58.3 Å². The van der Waals surface area contributed by atoms with E-state index in [1.165, 1.54) is 0 Å². The number of hydrogen-bond donors (Lipinski definition) is 2. The molecule has 2 aromatic carbocycles. The Morgan fingerprint density at radius 2 is 1.75 bits per heavy atom. The number of fused-ring (bicyclic) bond motifs is 1. The lowest BCUT2D eigenvalue weighted by Crippen LogP contribution is -2.40. The normalized spacial score (nSPS) is 18.9. The molecular weight excluding hydrogens is 404 g/mol. The number of aliphatic hydroxyl groups is 1. The number of benzene rings is 2. The minimum atomic E-state index is -0.876. The molecule has 1 saturated heterocycles. The Morgan fingerprint density at radius 3 is 2.38 bits per heavy atom. The molecule has 32 heavy (non-hydrogen) atoms. The molecule has 1 amide bonds. The molecule has 0 bridgehead atoms. The first-order valence-electron chi connectivity index (χ1n) is 11.5. The zero-order valence-electron chi connectivity index (χ0n) is 19.5. The SMILES string of the molecule is COc1cc2c(cc1OC(C)C)CN(c1ccc(C(C)(O)C3CCNCC3)cc1)C(=O)C2. The first kappa shape index (κ1) is 22.6. The van der Waals surface area contributed by atoms with Crippen LogP contribution in [-0.4, -0.2) is 37.3 Å². The van der Waals surface area contributed by atoms with E-state index in [9.17, 15) is 9.90 Å². The molecular formula is C26H34N2O4. The second-order valence-corrected chi connectivity index (χ2v) is 9.31. The Bertz CT molecular complexity index is 963. The first-order valence-corrected chi connectivity index (χ1v) is 11.5. The van der Waals surface area contributed by atoms with Gasteiger partial charge in [-0.05, 0) is 93.6 Å². The topological polar surface area (TPSA) is 71.0 Å². The maximum Gasteiger partial charge on any atom is 0.231 e. The summed E-state index contributed by atoms with van der Waals surface area (Å²) in [6.07, 6.45) is 2.27. The Kier molecular flexibility index (Phi) is 6.45. The monoisotopic (exact) mass is 438 g/mol. The highest BCUT2D eigenvalue weighted by Gasteiger charge is 2.34. The third-order valence-electron chi connectivity index (χ3n) is 6.72. The number of nitrogens with zero attached hydrogens (tertiary/aromatic N) is 1. The maximum absolute atomic E-state index is 12.9. The second-order valence-electron chi connectivity index (χ2n) is 9.31. The van der Waals surface area contributed by atoms with E-state index in [0.29, 0.717) is 24.5 Å². The van der Waals surface area contributed by atoms with Crippen molar-refractivity contribution >= 4 is 11.6 Å². The van der Waals surface area contributed by atoms with Gasteiger partial charge in [-0.15, -0.1) is 0 Å². The van der Waals surface area contributed by atoms with Crippen LogP contribution in [0.1, 0.15) is 50.3 Å². The standard InChI is InChI=1S/C26H34N2O4/c1-17(2)32-24-14-19-16-28(25(29)15-18(19)13-23(24)31-4)22-7-5-20(6-8-22)26(3,30)21-9-11-27-12-10-21/h5-8,13-14,17,21,27,30H,9-12,15-16H2,1-4H3. The van der Waals surface area contributed by atoms with E-state index in [1.807, 2.05) is 57.2 Å². The summed E-state index contributed by atoms with van der Waals surface area (Å²) in [5.74, 6) is 1.63. The quantitative estimate of drug-likeness (QED) is 0.718. The zero-order valence-corrected chi connectivity index (χ0v) is 19.5. The van der Waals surface area contributed by atoms with Crippen molar-refractivity contribution in [2.24, 2.45) is 5.92 Å². The molecule has 6 heteroatoms. The number of nitrogens with one attached hydrogen (secondary N) is 1. The molecule has 2 aromatic rings. The summed E-state index contributed by atoms with van der Waals surface area (Å²) in [6.45, 7) is 8.23. The predicted molar refractivity (Wildman–Crippen MR) is 125 cm³/mol. The van der Waals surface area contributed by atoms with Crippen LogP contribution in [0.4, 0.5) is 5.69 Å². The van der Waals surface area contributed by atoms with Crippen molar-refractivity contribution in [3.8, 4) is 11.5 Å². The smallest absolute Gasteiger partial charge is 0.231 e. The van der Waals surface area contributed by atoms with Crippen LogP contribution in [0.25, 0.3) is 0 Å². The molecule has 2 N–H and O–H groups in total. The molecule has 172 valence electrons. The first-order chi connectivity index (χ1) is 15.3. The zero-order chi connectivity index (χ0) is 22.9. The fourth-order valence-corrected chi connectivity index (χ4v) is 4.81. The highest BCUT2D eigenvalue weighted by atomic mass is 16.5. The molecule has 2 aliphatic rings. The van der Waals surface area contributed by atoms with Crippen LogP contribution >= 0.6 is 0 Å². The van der Waals surface area contributed by atoms with Gasteiger partial charge in [0.25, 0.3) is 0 Å². The Labute approximate surface area is 190 Å². The van der Waals surface area contributed by atoms with E-state index in [4.69, 9.17) is 9.47 Å². The van der Waals surface area contributed by atoms with Gasteiger partial charge in [-0.1, -0.05) is 12.1 Å². The predicted octanol–water partition coefficient (Wildman–Crippen LogP) is 3.78. The van der Waals surface area contributed by atoms with Gasteiger partial charge >= 0.3 is 0 Å².